The van der Waals surface area contributed by atoms with Gasteiger partial charge in [-0.25, -0.2) is 0 Å². The molecule has 8 heteroatoms. The molecule has 136 valence electrons. The van der Waals surface area contributed by atoms with E-state index in [-0.39, 0.29) is 11.8 Å². The first-order chi connectivity index (χ1) is 13.3. The average molecular weight is 364 g/mol. The molecule has 27 heavy (non-hydrogen) atoms. The Labute approximate surface area is 154 Å². The number of hydrogen-bond acceptors (Lipinski definition) is 7. The summed E-state index contributed by atoms with van der Waals surface area (Å²) in [5, 5.41) is 4.00. The van der Waals surface area contributed by atoms with Crippen molar-refractivity contribution in [3.05, 3.63) is 48.5 Å². The fourth-order valence-corrected chi connectivity index (χ4v) is 3.32. The number of pyridine rings is 1. The fraction of sp³-hybridized carbons (Fsp3) is 0.263. The van der Waals surface area contributed by atoms with Crippen LogP contribution in [0.3, 0.4) is 0 Å². The third-order valence-electron chi connectivity index (χ3n) is 4.65. The molecule has 1 saturated heterocycles. The van der Waals surface area contributed by atoms with Gasteiger partial charge >= 0.3 is 0 Å². The van der Waals surface area contributed by atoms with Crippen LogP contribution in [0.15, 0.2) is 47.1 Å². The van der Waals surface area contributed by atoms with Crippen molar-refractivity contribution in [2.24, 2.45) is 0 Å². The summed E-state index contributed by atoms with van der Waals surface area (Å²) >= 11 is 0. The highest BCUT2D eigenvalue weighted by Gasteiger charge is 2.35. The van der Waals surface area contributed by atoms with Gasteiger partial charge in [0.1, 0.15) is 18.9 Å². The number of benzene rings is 1. The molecule has 0 saturated carbocycles. The van der Waals surface area contributed by atoms with Gasteiger partial charge in [-0.1, -0.05) is 11.2 Å². The third-order valence-corrected chi connectivity index (χ3v) is 4.65. The number of ether oxygens (including phenoxy) is 2. The molecule has 1 atom stereocenters. The van der Waals surface area contributed by atoms with Crippen LogP contribution in [0, 0.1) is 0 Å². The number of rotatable bonds is 3. The maximum absolute atomic E-state index is 12.6. The van der Waals surface area contributed by atoms with E-state index in [4.69, 9.17) is 14.0 Å². The largest absolute Gasteiger partial charge is 0.486 e. The van der Waals surface area contributed by atoms with Crippen LogP contribution < -0.4 is 14.4 Å². The molecule has 2 aromatic heterocycles. The zero-order valence-corrected chi connectivity index (χ0v) is 14.4. The lowest BCUT2D eigenvalue weighted by atomic mass is 10.1. The van der Waals surface area contributed by atoms with Crippen molar-refractivity contribution in [1.82, 2.24) is 15.1 Å². The van der Waals surface area contributed by atoms with E-state index >= 15 is 0 Å². The van der Waals surface area contributed by atoms with Crippen molar-refractivity contribution in [3.8, 4) is 23.0 Å². The first-order valence-corrected chi connectivity index (χ1v) is 8.73. The van der Waals surface area contributed by atoms with Gasteiger partial charge in [-0.2, -0.15) is 4.98 Å². The Kier molecular flexibility index (Phi) is 3.74. The van der Waals surface area contributed by atoms with Gasteiger partial charge in [-0.15, -0.1) is 0 Å². The SMILES string of the molecule is O=C1C[C@@H](c2nc(-c3ccccn3)no2)CN1c1ccc2c(c1)OCCO2. The predicted octanol–water partition coefficient (Wildman–Crippen LogP) is 2.42. The van der Waals surface area contributed by atoms with Gasteiger partial charge in [0.25, 0.3) is 0 Å². The molecular weight excluding hydrogens is 348 g/mol. The van der Waals surface area contributed by atoms with Crippen molar-refractivity contribution in [2.45, 2.75) is 12.3 Å². The maximum Gasteiger partial charge on any atom is 0.232 e. The van der Waals surface area contributed by atoms with Crippen LogP contribution in [0.4, 0.5) is 5.69 Å². The minimum atomic E-state index is -0.157. The first kappa shape index (κ1) is 15.8. The van der Waals surface area contributed by atoms with Crippen molar-refractivity contribution >= 4 is 11.6 Å². The Morgan fingerprint density at radius 3 is 2.81 bits per heavy atom. The second kappa shape index (κ2) is 6.39. The van der Waals surface area contributed by atoms with Gasteiger partial charge in [-0.05, 0) is 24.3 Å². The molecule has 8 nitrogen and oxygen atoms in total. The molecule has 5 rings (SSSR count). The molecule has 2 aliphatic heterocycles. The van der Waals surface area contributed by atoms with Crippen molar-refractivity contribution < 1.29 is 18.8 Å². The van der Waals surface area contributed by atoms with Crippen LogP contribution in [-0.4, -0.2) is 40.8 Å². The lowest BCUT2D eigenvalue weighted by Gasteiger charge is -2.22. The summed E-state index contributed by atoms with van der Waals surface area (Å²) in [6, 6.07) is 11.0. The topological polar surface area (TPSA) is 90.6 Å². The lowest BCUT2D eigenvalue weighted by molar-refractivity contribution is -0.117. The van der Waals surface area contributed by atoms with Gasteiger partial charge in [0.05, 0.1) is 5.92 Å². The van der Waals surface area contributed by atoms with E-state index in [1.54, 1.807) is 11.1 Å². The quantitative estimate of drug-likeness (QED) is 0.705. The number of fused-ring (bicyclic) bond motifs is 1. The van der Waals surface area contributed by atoms with E-state index in [1.165, 1.54) is 0 Å². The Balaban J connectivity index is 1.37. The standard InChI is InChI=1S/C19H16N4O4/c24-17-9-12(19-21-18(22-27-19)14-3-1-2-6-20-14)11-23(17)13-4-5-15-16(10-13)26-8-7-25-15/h1-6,10,12H,7-9,11H2/t12-/m1/s1. The smallest absolute Gasteiger partial charge is 0.232 e. The lowest BCUT2D eigenvalue weighted by Crippen LogP contribution is -2.24. The molecule has 1 amide bonds. The zero-order chi connectivity index (χ0) is 18.2. The summed E-state index contributed by atoms with van der Waals surface area (Å²) in [7, 11) is 0. The van der Waals surface area contributed by atoms with Crippen LogP contribution >= 0.6 is 0 Å². The van der Waals surface area contributed by atoms with Gasteiger partial charge in [-0.3, -0.25) is 9.78 Å². The summed E-state index contributed by atoms with van der Waals surface area (Å²) < 4.78 is 16.5. The van der Waals surface area contributed by atoms with E-state index < -0.39 is 0 Å². The van der Waals surface area contributed by atoms with Crippen LogP contribution in [0.5, 0.6) is 11.5 Å². The van der Waals surface area contributed by atoms with Gasteiger partial charge in [0.15, 0.2) is 11.5 Å². The number of nitrogens with zero attached hydrogens (tertiary/aromatic N) is 4. The van der Waals surface area contributed by atoms with Crippen molar-refractivity contribution in [1.29, 1.82) is 0 Å². The van der Waals surface area contributed by atoms with Crippen LogP contribution in [0.25, 0.3) is 11.5 Å². The number of carbonyl (C=O) groups is 1. The summed E-state index contributed by atoms with van der Waals surface area (Å²) in [5.74, 6) is 2.08. The molecule has 2 aliphatic rings. The van der Waals surface area contributed by atoms with E-state index in [9.17, 15) is 4.79 Å². The normalized spacial score (nSPS) is 18.7. The first-order valence-electron chi connectivity index (χ1n) is 8.73. The monoisotopic (exact) mass is 364 g/mol. The Hall–Kier alpha value is -3.42. The summed E-state index contributed by atoms with van der Waals surface area (Å²) in [6.07, 6.45) is 1.99. The number of aromatic nitrogens is 3. The highest BCUT2D eigenvalue weighted by molar-refractivity contribution is 5.96. The maximum atomic E-state index is 12.6. The second-order valence-corrected chi connectivity index (χ2v) is 6.40. The Morgan fingerprint density at radius 1 is 1.07 bits per heavy atom. The molecule has 0 N–H and O–H groups in total. The highest BCUT2D eigenvalue weighted by Crippen LogP contribution is 2.37. The van der Waals surface area contributed by atoms with Gasteiger partial charge < -0.3 is 18.9 Å². The van der Waals surface area contributed by atoms with E-state index in [0.29, 0.717) is 55.1 Å². The molecule has 0 radical (unpaired) electrons. The van der Waals surface area contributed by atoms with Gasteiger partial charge in [0.2, 0.25) is 17.6 Å². The van der Waals surface area contributed by atoms with Crippen LogP contribution in [0.2, 0.25) is 0 Å². The zero-order valence-electron chi connectivity index (χ0n) is 14.4. The van der Waals surface area contributed by atoms with E-state index in [2.05, 4.69) is 15.1 Å². The Morgan fingerprint density at radius 2 is 1.96 bits per heavy atom. The second-order valence-electron chi connectivity index (χ2n) is 6.40. The molecular formula is C19H16N4O4. The fourth-order valence-electron chi connectivity index (χ4n) is 3.32. The van der Waals surface area contributed by atoms with E-state index in [0.717, 1.165) is 5.69 Å². The number of amides is 1. The molecule has 1 fully saturated rings. The minimum Gasteiger partial charge on any atom is -0.486 e. The van der Waals surface area contributed by atoms with Crippen molar-refractivity contribution in [3.63, 3.8) is 0 Å². The van der Waals surface area contributed by atoms with Gasteiger partial charge in [0, 0.05) is 30.9 Å². The van der Waals surface area contributed by atoms with E-state index in [1.807, 2.05) is 36.4 Å². The predicted molar refractivity (Wildman–Crippen MR) is 94.7 cm³/mol. The number of anilines is 1. The average Bonchev–Trinajstić information content (AvgIpc) is 3.35. The van der Waals surface area contributed by atoms with Crippen molar-refractivity contribution in [2.75, 3.05) is 24.7 Å². The minimum absolute atomic E-state index is 0.00858. The summed E-state index contributed by atoms with van der Waals surface area (Å²) in [5.41, 5.74) is 1.41. The molecule has 0 bridgehead atoms. The van der Waals surface area contributed by atoms with Crippen LogP contribution in [0.1, 0.15) is 18.2 Å². The molecule has 1 aromatic carbocycles. The number of carbonyl (C=O) groups excluding carboxylic acids is 1. The summed E-state index contributed by atoms with van der Waals surface area (Å²) in [4.78, 5) is 22.9. The molecule has 0 spiro atoms. The summed E-state index contributed by atoms with van der Waals surface area (Å²) in [6.45, 7) is 1.51. The molecule has 0 aliphatic carbocycles. The molecule has 0 unspecified atom stereocenters. The molecule has 3 aromatic rings. The Bertz CT molecular complexity index is 988. The highest BCUT2D eigenvalue weighted by atomic mass is 16.6. The third kappa shape index (κ3) is 2.88. The molecule has 4 heterocycles. The number of hydrogen-bond donors (Lipinski definition) is 0. The van der Waals surface area contributed by atoms with Crippen LogP contribution in [-0.2, 0) is 4.79 Å².